The maximum atomic E-state index is 7.32. The largest absolute Gasteiger partial charge is 0.472 e. The zero-order chi connectivity index (χ0) is 33.8. The first-order valence-electron chi connectivity index (χ1n) is 17.5. The van der Waals surface area contributed by atoms with E-state index in [4.69, 9.17) is 4.74 Å². The molecule has 0 aromatic heterocycles. The van der Waals surface area contributed by atoms with Crippen LogP contribution in [0.15, 0.2) is 200 Å². The molecule has 0 fully saturated rings. The van der Waals surface area contributed by atoms with Crippen LogP contribution in [0.1, 0.15) is 16.7 Å². The Labute approximate surface area is 298 Å². The Kier molecular flexibility index (Phi) is 6.75. The van der Waals surface area contributed by atoms with Gasteiger partial charge in [0, 0.05) is 39.2 Å². The zero-order valence-electron chi connectivity index (χ0n) is 27.9. The van der Waals surface area contributed by atoms with Crippen molar-refractivity contribution in [2.45, 2.75) is 5.60 Å². The van der Waals surface area contributed by atoms with Gasteiger partial charge in [0.15, 0.2) is 5.60 Å². The third-order valence-electron chi connectivity index (χ3n) is 10.5. The van der Waals surface area contributed by atoms with Gasteiger partial charge in [-0.2, -0.15) is 0 Å². The van der Waals surface area contributed by atoms with Crippen LogP contribution in [0.4, 0.5) is 17.1 Å². The van der Waals surface area contributed by atoms with Crippen molar-refractivity contribution in [2.75, 3.05) is 4.90 Å². The lowest BCUT2D eigenvalue weighted by atomic mass is 9.78. The molecule has 0 radical (unpaired) electrons. The predicted molar refractivity (Wildman–Crippen MR) is 210 cm³/mol. The van der Waals surface area contributed by atoms with E-state index in [1.807, 2.05) is 0 Å². The van der Waals surface area contributed by atoms with Crippen molar-refractivity contribution in [3.05, 3.63) is 217 Å². The Bertz CT molecular complexity index is 2460. The molecular formula is C49H33NO. The van der Waals surface area contributed by atoms with E-state index in [0.29, 0.717) is 0 Å². The smallest absolute Gasteiger partial charge is 0.186 e. The second-order valence-electron chi connectivity index (χ2n) is 13.2. The summed E-state index contributed by atoms with van der Waals surface area (Å²) in [6, 6.07) is 71.7. The number of rotatable bonds is 5. The summed E-state index contributed by atoms with van der Waals surface area (Å²) >= 11 is 0. The number of hydrogen-bond acceptors (Lipinski definition) is 2. The van der Waals surface area contributed by atoms with Crippen LogP contribution in [0, 0.1) is 0 Å². The minimum atomic E-state index is -0.799. The Morgan fingerprint density at radius 3 is 1.39 bits per heavy atom. The monoisotopic (exact) mass is 651 g/mol. The van der Waals surface area contributed by atoms with Gasteiger partial charge in [-0.15, -0.1) is 0 Å². The van der Waals surface area contributed by atoms with Gasteiger partial charge < -0.3 is 9.64 Å². The second kappa shape index (κ2) is 11.8. The van der Waals surface area contributed by atoms with Gasteiger partial charge in [0.05, 0.1) is 5.69 Å². The van der Waals surface area contributed by atoms with E-state index in [9.17, 15) is 0 Å². The van der Waals surface area contributed by atoms with E-state index in [-0.39, 0.29) is 0 Å². The van der Waals surface area contributed by atoms with Crippen molar-refractivity contribution in [1.29, 1.82) is 0 Å². The molecule has 2 aliphatic rings. The summed E-state index contributed by atoms with van der Waals surface area (Å²) in [4.78, 5) is 2.40. The molecule has 2 heteroatoms. The molecule has 1 aliphatic carbocycles. The molecule has 0 bridgehead atoms. The lowest BCUT2D eigenvalue weighted by molar-refractivity contribution is 0.157. The SMILES string of the molecule is c1ccc(-c2ccc(N(c3ccc(-c4ccccc4)cc3)c3cccc4c3-c3ccccc3C43Oc4ccccc4-c4ccccc43)cc2)cc1. The topological polar surface area (TPSA) is 12.5 Å². The molecule has 0 saturated heterocycles. The van der Waals surface area contributed by atoms with Crippen LogP contribution in [0.25, 0.3) is 44.5 Å². The van der Waals surface area contributed by atoms with Crippen molar-refractivity contribution in [3.63, 3.8) is 0 Å². The molecule has 10 rings (SSSR count). The molecule has 1 heterocycles. The number of hydrogen-bond donors (Lipinski definition) is 0. The molecule has 1 unspecified atom stereocenters. The maximum Gasteiger partial charge on any atom is 0.186 e. The van der Waals surface area contributed by atoms with Crippen LogP contribution < -0.4 is 9.64 Å². The average Bonchev–Trinajstić information content (AvgIpc) is 3.49. The van der Waals surface area contributed by atoms with Gasteiger partial charge in [0.1, 0.15) is 5.75 Å². The fraction of sp³-hybridized carbons (Fsp3) is 0.0204. The molecule has 8 aromatic rings. The highest BCUT2D eigenvalue weighted by atomic mass is 16.5. The third kappa shape index (κ3) is 4.57. The summed E-state index contributed by atoms with van der Waals surface area (Å²) in [6.07, 6.45) is 0. The summed E-state index contributed by atoms with van der Waals surface area (Å²) in [5, 5.41) is 0. The van der Waals surface area contributed by atoms with Gasteiger partial charge >= 0.3 is 0 Å². The number of benzene rings is 8. The minimum absolute atomic E-state index is 0.799. The summed E-state index contributed by atoms with van der Waals surface area (Å²) in [6.45, 7) is 0. The van der Waals surface area contributed by atoms with Gasteiger partial charge in [0.25, 0.3) is 0 Å². The van der Waals surface area contributed by atoms with E-state index in [2.05, 4.69) is 205 Å². The number of fused-ring (bicyclic) bond motifs is 9. The first-order valence-corrected chi connectivity index (χ1v) is 17.5. The Morgan fingerprint density at radius 2 is 0.784 bits per heavy atom. The van der Waals surface area contributed by atoms with Crippen LogP contribution in [0.3, 0.4) is 0 Å². The first-order chi connectivity index (χ1) is 25.3. The first kappa shape index (κ1) is 29.3. The van der Waals surface area contributed by atoms with Gasteiger partial charge in [-0.05, 0) is 69.8 Å². The summed E-state index contributed by atoms with van der Waals surface area (Å²) in [5.41, 5.74) is 15.4. The second-order valence-corrected chi connectivity index (χ2v) is 13.2. The van der Waals surface area contributed by atoms with Crippen molar-refractivity contribution in [1.82, 2.24) is 0 Å². The fourth-order valence-electron chi connectivity index (χ4n) is 8.17. The van der Waals surface area contributed by atoms with Crippen LogP contribution in [0.5, 0.6) is 5.75 Å². The molecular weight excluding hydrogens is 619 g/mol. The normalized spacial score (nSPS) is 14.9. The van der Waals surface area contributed by atoms with Crippen LogP contribution in [-0.2, 0) is 5.60 Å². The number of anilines is 3. The minimum Gasteiger partial charge on any atom is -0.472 e. The molecule has 1 spiro atoms. The van der Waals surface area contributed by atoms with Gasteiger partial charge in [-0.3, -0.25) is 0 Å². The van der Waals surface area contributed by atoms with E-state index < -0.39 is 5.60 Å². The lowest BCUT2D eigenvalue weighted by Crippen LogP contribution is -2.36. The maximum absolute atomic E-state index is 7.32. The molecule has 2 nitrogen and oxygen atoms in total. The molecule has 1 aliphatic heterocycles. The predicted octanol–water partition coefficient (Wildman–Crippen LogP) is 12.8. The highest BCUT2D eigenvalue weighted by molar-refractivity contribution is 5.97. The van der Waals surface area contributed by atoms with Crippen LogP contribution in [0.2, 0.25) is 0 Å². The third-order valence-corrected chi connectivity index (χ3v) is 10.5. The summed E-state index contributed by atoms with van der Waals surface area (Å²) in [5.74, 6) is 0.897. The molecule has 0 saturated carbocycles. The van der Waals surface area contributed by atoms with E-state index in [0.717, 1.165) is 45.1 Å². The van der Waals surface area contributed by atoms with Crippen molar-refractivity contribution < 1.29 is 4.74 Å². The van der Waals surface area contributed by atoms with Crippen molar-refractivity contribution >= 4 is 17.1 Å². The number of ether oxygens (including phenoxy) is 1. The molecule has 0 amide bonds. The van der Waals surface area contributed by atoms with Gasteiger partial charge in [-0.25, -0.2) is 0 Å². The lowest BCUT2D eigenvalue weighted by Gasteiger charge is -2.39. The highest BCUT2D eigenvalue weighted by Crippen LogP contribution is 2.61. The standard InChI is InChI=1S/C49H33NO/c1-3-14-34(15-4-1)36-26-30-38(31-27-36)50(39-32-28-37(29-33-39)35-16-5-2-6-17-35)46-24-13-23-45-48(46)42-20-8-11-22-44(42)49(45)43-21-10-7-18-40(43)41-19-9-12-25-47(41)51-49/h1-33H. The van der Waals surface area contributed by atoms with Crippen LogP contribution >= 0.6 is 0 Å². The quantitative estimate of drug-likeness (QED) is 0.184. The molecule has 240 valence electrons. The number of para-hydroxylation sites is 1. The van der Waals surface area contributed by atoms with Crippen molar-refractivity contribution in [3.8, 4) is 50.3 Å². The van der Waals surface area contributed by atoms with E-state index in [1.54, 1.807) is 0 Å². The Morgan fingerprint density at radius 1 is 0.333 bits per heavy atom. The van der Waals surface area contributed by atoms with Gasteiger partial charge in [0.2, 0.25) is 0 Å². The molecule has 51 heavy (non-hydrogen) atoms. The molecule has 8 aromatic carbocycles. The van der Waals surface area contributed by atoms with E-state index >= 15 is 0 Å². The number of nitrogens with zero attached hydrogens (tertiary/aromatic N) is 1. The van der Waals surface area contributed by atoms with Gasteiger partial charge in [-0.1, -0.05) is 164 Å². The van der Waals surface area contributed by atoms with Crippen LogP contribution in [-0.4, -0.2) is 0 Å². The van der Waals surface area contributed by atoms with Crippen molar-refractivity contribution in [2.24, 2.45) is 0 Å². The van der Waals surface area contributed by atoms with E-state index in [1.165, 1.54) is 38.9 Å². The Balaban J connectivity index is 1.20. The molecule has 1 atom stereocenters. The average molecular weight is 652 g/mol. The molecule has 0 N–H and O–H groups in total. The summed E-state index contributed by atoms with van der Waals surface area (Å²) < 4.78 is 7.32. The zero-order valence-corrected chi connectivity index (χ0v) is 27.9. The summed E-state index contributed by atoms with van der Waals surface area (Å²) in [7, 11) is 0. The fourth-order valence-corrected chi connectivity index (χ4v) is 8.17. The highest BCUT2D eigenvalue weighted by Gasteiger charge is 2.51. The Hall–Kier alpha value is -6.64.